The molecule has 0 aliphatic carbocycles. The van der Waals surface area contributed by atoms with Crippen molar-refractivity contribution in [2.45, 2.75) is 44.6 Å². The van der Waals surface area contributed by atoms with Crippen molar-refractivity contribution in [2.75, 3.05) is 59.7 Å². The predicted octanol–water partition coefficient (Wildman–Crippen LogP) is 1.86. The second-order valence-electron chi connectivity index (χ2n) is 8.38. The van der Waals surface area contributed by atoms with Crippen LogP contribution in [-0.4, -0.2) is 87.6 Å². The van der Waals surface area contributed by atoms with Crippen molar-refractivity contribution in [1.29, 1.82) is 0 Å². The molecule has 3 heterocycles. The van der Waals surface area contributed by atoms with Gasteiger partial charge in [0.25, 0.3) is 0 Å². The van der Waals surface area contributed by atoms with Crippen LogP contribution >= 0.6 is 0 Å². The third kappa shape index (κ3) is 5.94. The Morgan fingerprint density at radius 2 is 1.83 bits per heavy atom. The molecule has 1 unspecified atom stereocenters. The van der Waals surface area contributed by atoms with E-state index in [1.165, 1.54) is 17.5 Å². The molecule has 7 heteroatoms. The smallest absolute Gasteiger partial charge is 0.193 e. The van der Waals surface area contributed by atoms with Gasteiger partial charge >= 0.3 is 0 Å². The van der Waals surface area contributed by atoms with Crippen LogP contribution in [0, 0.1) is 0 Å². The molecule has 1 atom stereocenters. The molecule has 0 radical (unpaired) electrons. The fourth-order valence-corrected chi connectivity index (χ4v) is 4.57. The van der Waals surface area contributed by atoms with Gasteiger partial charge in [0, 0.05) is 59.0 Å². The van der Waals surface area contributed by atoms with E-state index >= 15 is 0 Å². The molecule has 1 N–H and O–H groups in total. The Bertz CT molecular complexity index is 687. The van der Waals surface area contributed by atoms with E-state index in [1.807, 2.05) is 7.05 Å². The van der Waals surface area contributed by atoms with Crippen LogP contribution in [0.5, 0.6) is 0 Å². The molecule has 0 spiro atoms. The molecule has 30 heavy (non-hydrogen) atoms. The summed E-state index contributed by atoms with van der Waals surface area (Å²) in [5, 5.41) is 3.56. The first kappa shape index (κ1) is 21.6. The molecule has 1 aromatic carbocycles. The second kappa shape index (κ2) is 11.1. The lowest BCUT2D eigenvalue weighted by Gasteiger charge is -2.32. The topological polar surface area (TPSA) is 58.6 Å². The van der Waals surface area contributed by atoms with Crippen molar-refractivity contribution in [2.24, 2.45) is 4.99 Å². The van der Waals surface area contributed by atoms with Crippen molar-refractivity contribution < 1.29 is 14.2 Å². The summed E-state index contributed by atoms with van der Waals surface area (Å²) in [6, 6.07) is 9.27. The van der Waals surface area contributed by atoms with Gasteiger partial charge < -0.3 is 24.4 Å². The zero-order valence-electron chi connectivity index (χ0n) is 18.2. The number of hydrogen-bond donors (Lipinski definition) is 1. The van der Waals surface area contributed by atoms with E-state index < -0.39 is 0 Å². The van der Waals surface area contributed by atoms with Crippen LogP contribution in [0.1, 0.15) is 30.4 Å². The Morgan fingerprint density at radius 1 is 1.07 bits per heavy atom. The molecular weight excluding hydrogens is 380 g/mol. The first-order chi connectivity index (χ1) is 14.8. The summed E-state index contributed by atoms with van der Waals surface area (Å²) in [6.07, 6.45) is 3.52. The van der Waals surface area contributed by atoms with E-state index in [-0.39, 0.29) is 0 Å². The van der Waals surface area contributed by atoms with Crippen LogP contribution in [0.2, 0.25) is 0 Å². The van der Waals surface area contributed by atoms with Gasteiger partial charge in [0.1, 0.15) is 0 Å². The molecule has 3 saturated heterocycles. The minimum atomic E-state index is 0.328. The van der Waals surface area contributed by atoms with Crippen LogP contribution < -0.4 is 5.32 Å². The zero-order valence-corrected chi connectivity index (χ0v) is 18.2. The number of ether oxygens (including phenoxy) is 3. The third-order valence-electron chi connectivity index (χ3n) is 6.33. The van der Waals surface area contributed by atoms with Crippen molar-refractivity contribution in [1.82, 2.24) is 15.1 Å². The van der Waals surface area contributed by atoms with E-state index in [0.29, 0.717) is 18.8 Å². The highest BCUT2D eigenvalue weighted by Gasteiger charge is 2.30. The fraction of sp³-hybridized carbons (Fsp3) is 0.696. The Labute approximate surface area is 180 Å². The average molecular weight is 417 g/mol. The van der Waals surface area contributed by atoms with Gasteiger partial charge in [-0.3, -0.25) is 9.89 Å². The molecule has 0 amide bonds. The molecule has 3 fully saturated rings. The van der Waals surface area contributed by atoms with Crippen LogP contribution in [0.4, 0.5) is 0 Å². The zero-order chi connectivity index (χ0) is 20.6. The number of rotatable bonds is 6. The number of guanidine groups is 1. The Kier molecular flexibility index (Phi) is 7.97. The second-order valence-corrected chi connectivity index (χ2v) is 8.38. The van der Waals surface area contributed by atoms with Crippen molar-refractivity contribution in [3.05, 3.63) is 35.4 Å². The summed E-state index contributed by atoms with van der Waals surface area (Å²) >= 11 is 0. The highest BCUT2D eigenvalue weighted by Crippen LogP contribution is 2.18. The van der Waals surface area contributed by atoms with E-state index in [4.69, 9.17) is 14.2 Å². The van der Waals surface area contributed by atoms with Gasteiger partial charge in [0.15, 0.2) is 5.96 Å². The van der Waals surface area contributed by atoms with Crippen LogP contribution in [0.3, 0.4) is 0 Å². The lowest BCUT2D eigenvalue weighted by molar-refractivity contribution is -0.0390. The van der Waals surface area contributed by atoms with Gasteiger partial charge in [0.2, 0.25) is 0 Å². The first-order valence-corrected chi connectivity index (χ1v) is 11.4. The summed E-state index contributed by atoms with van der Waals surface area (Å²) in [4.78, 5) is 9.49. The first-order valence-electron chi connectivity index (χ1n) is 11.4. The molecule has 0 saturated carbocycles. The Balaban J connectivity index is 1.25. The van der Waals surface area contributed by atoms with Crippen LogP contribution in [0.25, 0.3) is 0 Å². The van der Waals surface area contributed by atoms with E-state index in [1.54, 1.807) is 0 Å². The third-order valence-corrected chi connectivity index (χ3v) is 6.33. The molecular formula is C23H36N4O3. The summed E-state index contributed by atoms with van der Waals surface area (Å²) in [5.74, 6) is 0.995. The quantitative estimate of drug-likeness (QED) is 0.564. The maximum absolute atomic E-state index is 6.08. The normalized spacial score (nSPS) is 24.4. The molecule has 3 aliphatic heterocycles. The predicted molar refractivity (Wildman–Crippen MR) is 118 cm³/mol. The largest absolute Gasteiger partial charge is 0.381 e. The molecule has 1 aromatic rings. The Hall–Kier alpha value is -1.67. The summed E-state index contributed by atoms with van der Waals surface area (Å²) < 4.78 is 17.0. The number of nitrogens with one attached hydrogen (secondary N) is 1. The van der Waals surface area contributed by atoms with E-state index in [0.717, 1.165) is 78.0 Å². The number of aliphatic imine (C=N–C) groups is 1. The summed E-state index contributed by atoms with van der Waals surface area (Å²) in [5.41, 5.74) is 2.48. The maximum atomic E-state index is 6.08. The highest BCUT2D eigenvalue weighted by molar-refractivity contribution is 5.80. The number of benzene rings is 1. The molecule has 3 aliphatic rings. The lowest BCUT2D eigenvalue weighted by Crippen LogP contribution is -2.46. The number of morpholine rings is 1. The molecule has 0 aromatic heterocycles. The van der Waals surface area contributed by atoms with Crippen LogP contribution in [-0.2, 0) is 27.4 Å². The summed E-state index contributed by atoms with van der Waals surface area (Å²) in [7, 11) is 1.88. The van der Waals surface area contributed by atoms with Crippen molar-refractivity contribution in [3.63, 3.8) is 0 Å². The lowest BCUT2D eigenvalue weighted by atomic mass is 10.1. The average Bonchev–Trinajstić information content (AvgIpc) is 3.30. The molecule has 4 rings (SSSR count). The SMILES string of the molecule is CN=C(NCc1cccc(COC2CCOCC2)c1)N1CCC(N2CCOCC2)C1. The van der Waals surface area contributed by atoms with Gasteiger partial charge in [-0.05, 0) is 30.4 Å². The van der Waals surface area contributed by atoms with Gasteiger partial charge in [-0.25, -0.2) is 0 Å². The van der Waals surface area contributed by atoms with Crippen molar-refractivity contribution in [3.8, 4) is 0 Å². The van der Waals surface area contributed by atoms with E-state index in [2.05, 4.69) is 44.4 Å². The number of likely N-dealkylation sites (tertiary alicyclic amines) is 1. The van der Waals surface area contributed by atoms with Crippen LogP contribution in [0.15, 0.2) is 29.3 Å². The number of hydrogen-bond acceptors (Lipinski definition) is 5. The number of nitrogens with zero attached hydrogens (tertiary/aromatic N) is 3. The minimum absolute atomic E-state index is 0.328. The molecule has 7 nitrogen and oxygen atoms in total. The standard InChI is InChI=1S/C23H36N4O3/c1-24-23(27-8-5-21(17-27)26-9-13-29-14-10-26)25-16-19-3-2-4-20(15-19)18-30-22-6-11-28-12-7-22/h2-4,15,21-22H,5-14,16-18H2,1H3,(H,24,25). The monoisotopic (exact) mass is 416 g/mol. The van der Waals surface area contributed by atoms with Gasteiger partial charge in [-0.15, -0.1) is 0 Å². The van der Waals surface area contributed by atoms with Crippen molar-refractivity contribution >= 4 is 5.96 Å². The van der Waals surface area contributed by atoms with E-state index in [9.17, 15) is 0 Å². The maximum Gasteiger partial charge on any atom is 0.193 e. The highest BCUT2D eigenvalue weighted by atomic mass is 16.5. The Morgan fingerprint density at radius 3 is 2.63 bits per heavy atom. The molecule has 166 valence electrons. The van der Waals surface area contributed by atoms with Gasteiger partial charge in [-0.1, -0.05) is 24.3 Å². The summed E-state index contributed by atoms with van der Waals surface area (Å²) in [6.45, 7) is 8.99. The fourth-order valence-electron chi connectivity index (χ4n) is 4.57. The minimum Gasteiger partial charge on any atom is -0.381 e. The van der Waals surface area contributed by atoms with Gasteiger partial charge in [0.05, 0.1) is 25.9 Å². The molecule has 0 bridgehead atoms. The van der Waals surface area contributed by atoms with Gasteiger partial charge in [-0.2, -0.15) is 0 Å².